The topological polar surface area (TPSA) is 42.4 Å². The highest BCUT2D eigenvalue weighted by molar-refractivity contribution is 5.76. The van der Waals surface area contributed by atoms with Crippen molar-refractivity contribution in [3.05, 3.63) is 30.1 Å². The number of carbonyl (C=O) groups excluding carboxylic acids is 1. The molecule has 4 heteroatoms. The number of aromatic nitrogens is 1. The van der Waals surface area contributed by atoms with Gasteiger partial charge in [-0.1, -0.05) is 32.1 Å². The number of carbonyl (C=O) groups is 1. The molecule has 1 saturated heterocycles. The number of ether oxygens (including phenoxy) is 1. The lowest BCUT2D eigenvalue weighted by molar-refractivity contribution is -0.139. The van der Waals surface area contributed by atoms with E-state index in [-0.39, 0.29) is 12.0 Å². The molecule has 3 rings (SSSR count). The molecule has 1 aromatic heterocycles. The molecule has 4 nitrogen and oxygen atoms in total. The molecule has 1 aliphatic heterocycles. The van der Waals surface area contributed by atoms with Crippen LogP contribution in [0.2, 0.25) is 0 Å². The van der Waals surface area contributed by atoms with Gasteiger partial charge >= 0.3 is 0 Å². The van der Waals surface area contributed by atoms with Gasteiger partial charge < -0.3 is 9.64 Å². The first-order valence-electron chi connectivity index (χ1n) is 9.09. The standard InChI is InChI=1S/C19H28N2O2/c22-19(7-6-16-8-10-20-11-9-16)21-12-13-23-18(15-21)14-17-4-2-1-3-5-17/h8-11,17-18H,1-7,12-15H2/t18-/m0/s1. The lowest BCUT2D eigenvalue weighted by atomic mass is 9.85. The highest BCUT2D eigenvalue weighted by atomic mass is 16.5. The predicted octanol–water partition coefficient (Wildman–Crippen LogP) is 3.21. The highest BCUT2D eigenvalue weighted by Gasteiger charge is 2.26. The summed E-state index contributed by atoms with van der Waals surface area (Å²) in [6, 6.07) is 3.97. The van der Waals surface area contributed by atoms with Crippen molar-refractivity contribution < 1.29 is 9.53 Å². The smallest absolute Gasteiger partial charge is 0.223 e. The van der Waals surface area contributed by atoms with Crippen LogP contribution in [0.3, 0.4) is 0 Å². The van der Waals surface area contributed by atoms with E-state index in [2.05, 4.69) is 4.98 Å². The van der Waals surface area contributed by atoms with E-state index >= 15 is 0 Å². The fraction of sp³-hybridized carbons (Fsp3) is 0.684. The van der Waals surface area contributed by atoms with Crippen LogP contribution in [-0.2, 0) is 16.0 Å². The van der Waals surface area contributed by atoms with Gasteiger partial charge in [0.2, 0.25) is 5.91 Å². The van der Waals surface area contributed by atoms with Crippen LogP contribution in [0.15, 0.2) is 24.5 Å². The number of nitrogens with zero attached hydrogens (tertiary/aromatic N) is 2. The Morgan fingerprint density at radius 3 is 2.78 bits per heavy atom. The maximum atomic E-state index is 12.5. The number of pyridine rings is 1. The van der Waals surface area contributed by atoms with Gasteiger partial charge in [-0.25, -0.2) is 0 Å². The average molecular weight is 316 g/mol. The number of rotatable bonds is 5. The maximum absolute atomic E-state index is 12.5. The number of hydrogen-bond acceptors (Lipinski definition) is 3. The summed E-state index contributed by atoms with van der Waals surface area (Å²) in [5, 5.41) is 0. The van der Waals surface area contributed by atoms with Crippen molar-refractivity contribution in [2.45, 2.75) is 57.5 Å². The molecule has 1 atom stereocenters. The zero-order chi connectivity index (χ0) is 15.9. The Morgan fingerprint density at radius 1 is 1.22 bits per heavy atom. The predicted molar refractivity (Wildman–Crippen MR) is 90.1 cm³/mol. The molecule has 2 fully saturated rings. The summed E-state index contributed by atoms with van der Waals surface area (Å²) in [6.45, 7) is 2.22. The number of hydrogen-bond donors (Lipinski definition) is 0. The largest absolute Gasteiger partial charge is 0.375 e. The van der Waals surface area contributed by atoms with Gasteiger partial charge in [0, 0.05) is 31.9 Å². The van der Waals surface area contributed by atoms with Crippen LogP contribution in [0.25, 0.3) is 0 Å². The van der Waals surface area contributed by atoms with Crippen molar-refractivity contribution in [3.63, 3.8) is 0 Å². The molecule has 2 heterocycles. The van der Waals surface area contributed by atoms with E-state index in [1.165, 1.54) is 37.7 Å². The molecule has 0 spiro atoms. The Balaban J connectivity index is 1.44. The van der Waals surface area contributed by atoms with Crippen molar-refractivity contribution in [1.29, 1.82) is 0 Å². The Hall–Kier alpha value is -1.42. The second kappa shape index (κ2) is 8.44. The second-order valence-corrected chi connectivity index (χ2v) is 6.93. The number of morpholine rings is 1. The normalized spacial score (nSPS) is 23.0. The summed E-state index contributed by atoms with van der Waals surface area (Å²) in [5.41, 5.74) is 1.18. The van der Waals surface area contributed by atoms with E-state index in [9.17, 15) is 4.79 Å². The Morgan fingerprint density at radius 2 is 2.00 bits per heavy atom. The summed E-state index contributed by atoms with van der Waals surface area (Å²) in [6.07, 6.45) is 13.1. The third-order valence-corrected chi connectivity index (χ3v) is 5.19. The molecule has 0 N–H and O–H groups in total. The zero-order valence-corrected chi connectivity index (χ0v) is 14.0. The van der Waals surface area contributed by atoms with E-state index in [1.807, 2.05) is 17.0 Å². The lowest BCUT2D eigenvalue weighted by Gasteiger charge is -2.35. The Bertz CT molecular complexity index is 485. The lowest BCUT2D eigenvalue weighted by Crippen LogP contribution is -2.46. The fourth-order valence-corrected chi connectivity index (χ4v) is 3.84. The van der Waals surface area contributed by atoms with Gasteiger partial charge in [-0.05, 0) is 36.5 Å². The molecule has 1 aliphatic carbocycles. The minimum atomic E-state index is 0.247. The molecule has 1 saturated carbocycles. The van der Waals surface area contributed by atoms with E-state index in [0.29, 0.717) is 13.0 Å². The van der Waals surface area contributed by atoms with Gasteiger partial charge in [0.1, 0.15) is 0 Å². The zero-order valence-electron chi connectivity index (χ0n) is 14.0. The molecule has 0 radical (unpaired) electrons. The van der Waals surface area contributed by atoms with Crippen LogP contribution < -0.4 is 0 Å². The summed E-state index contributed by atoms with van der Waals surface area (Å²) >= 11 is 0. The first-order valence-corrected chi connectivity index (χ1v) is 9.09. The minimum absolute atomic E-state index is 0.247. The van der Waals surface area contributed by atoms with Crippen LogP contribution in [0.4, 0.5) is 0 Å². The molecule has 126 valence electrons. The van der Waals surface area contributed by atoms with Crippen molar-refractivity contribution in [2.75, 3.05) is 19.7 Å². The first kappa shape index (κ1) is 16.4. The van der Waals surface area contributed by atoms with E-state index in [4.69, 9.17) is 4.74 Å². The number of aryl methyl sites for hydroxylation is 1. The molecule has 2 aliphatic rings. The molecular weight excluding hydrogens is 288 g/mol. The van der Waals surface area contributed by atoms with Gasteiger partial charge in [0.15, 0.2) is 0 Å². The second-order valence-electron chi connectivity index (χ2n) is 6.93. The van der Waals surface area contributed by atoms with E-state index < -0.39 is 0 Å². The summed E-state index contributed by atoms with van der Waals surface area (Å²) in [4.78, 5) is 18.5. The van der Waals surface area contributed by atoms with Gasteiger partial charge in [0.05, 0.1) is 12.7 Å². The third kappa shape index (κ3) is 5.03. The molecule has 1 aromatic rings. The van der Waals surface area contributed by atoms with Crippen LogP contribution in [0, 0.1) is 5.92 Å². The first-order chi connectivity index (χ1) is 11.3. The minimum Gasteiger partial charge on any atom is -0.375 e. The van der Waals surface area contributed by atoms with Crippen molar-refractivity contribution in [3.8, 4) is 0 Å². The van der Waals surface area contributed by atoms with Crippen molar-refractivity contribution >= 4 is 5.91 Å². The molecule has 0 aromatic carbocycles. The Labute approximate surface area is 139 Å². The molecule has 0 unspecified atom stereocenters. The van der Waals surface area contributed by atoms with Crippen molar-refractivity contribution in [2.24, 2.45) is 5.92 Å². The summed E-state index contributed by atoms with van der Waals surface area (Å²) in [7, 11) is 0. The Kier molecular flexibility index (Phi) is 6.03. The van der Waals surface area contributed by atoms with Crippen LogP contribution >= 0.6 is 0 Å². The number of amides is 1. The highest BCUT2D eigenvalue weighted by Crippen LogP contribution is 2.29. The average Bonchev–Trinajstić information content (AvgIpc) is 2.62. The third-order valence-electron chi connectivity index (χ3n) is 5.19. The van der Waals surface area contributed by atoms with Gasteiger partial charge in [-0.15, -0.1) is 0 Å². The van der Waals surface area contributed by atoms with E-state index in [0.717, 1.165) is 31.8 Å². The van der Waals surface area contributed by atoms with E-state index in [1.54, 1.807) is 12.4 Å². The monoisotopic (exact) mass is 316 g/mol. The van der Waals surface area contributed by atoms with Crippen molar-refractivity contribution in [1.82, 2.24) is 9.88 Å². The quantitative estimate of drug-likeness (QED) is 0.837. The van der Waals surface area contributed by atoms with Gasteiger partial charge in [-0.3, -0.25) is 9.78 Å². The molecule has 23 heavy (non-hydrogen) atoms. The van der Waals surface area contributed by atoms with Crippen LogP contribution in [0.5, 0.6) is 0 Å². The molecule has 1 amide bonds. The SMILES string of the molecule is O=C(CCc1ccncc1)N1CCO[C@@H](CC2CCCCC2)C1. The molecule has 0 bridgehead atoms. The van der Waals surface area contributed by atoms with Crippen LogP contribution in [-0.4, -0.2) is 41.6 Å². The van der Waals surface area contributed by atoms with Crippen LogP contribution in [0.1, 0.15) is 50.5 Å². The van der Waals surface area contributed by atoms with Gasteiger partial charge in [0.25, 0.3) is 0 Å². The maximum Gasteiger partial charge on any atom is 0.223 e. The van der Waals surface area contributed by atoms with Gasteiger partial charge in [-0.2, -0.15) is 0 Å². The molecular formula is C19H28N2O2. The fourth-order valence-electron chi connectivity index (χ4n) is 3.84. The summed E-state index contributed by atoms with van der Waals surface area (Å²) < 4.78 is 5.92. The summed E-state index contributed by atoms with van der Waals surface area (Å²) in [5.74, 6) is 1.07.